The van der Waals surface area contributed by atoms with Gasteiger partial charge in [-0.1, -0.05) is 11.8 Å². The second-order valence-electron chi connectivity index (χ2n) is 6.67. The molecule has 0 saturated carbocycles. The lowest BCUT2D eigenvalue weighted by molar-refractivity contribution is -0.905. The third-order valence-corrected chi connectivity index (χ3v) is 7.91. The number of aromatic nitrogens is 2. The number of hydrogen-bond donors (Lipinski definition) is 1. The highest BCUT2D eigenvalue weighted by Crippen LogP contribution is 2.28. The molecular formula is C22H18Cl4N2O6S3. The summed E-state index contributed by atoms with van der Waals surface area (Å²) >= 11 is 1.45. The summed E-state index contributed by atoms with van der Waals surface area (Å²) in [5, 5.41) is 9.07. The highest BCUT2D eigenvalue weighted by molar-refractivity contribution is 8.14. The second-order valence-corrected chi connectivity index (χ2v) is 13.0. The fraction of sp³-hybridized carbons (Fsp3) is 0. The van der Waals surface area contributed by atoms with Gasteiger partial charge in [0.1, 0.15) is 11.5 Å². The molecule has 0 unspecified atom stereocenters. The van der Waals surface area contributed by atoms with Gasteiger partial charge < -0.3 is 29.6 Å². The van der Waals surface area contributed by atoms with E-state index in [1.54, 1.807) is 60.9 Å². The summed E-state index contributed by atoms with van der Waals surface area (Å²) in [4.78, 5) is 4.81. The van der Waals surface area contributed by atoms with E-state index in [1.807, 2.05) is 0 Å². The highest BCUT2D eigenvalue weighted by atomic mass is 35.7. The molecule has 2 aromatic heterocycles. The van der Waals surface area contributed by atoms with Crippen LogP contribution in [0.2, 0.25) is 0 Å². The minimum Gasteiger partial charge on any atom is -1.00 e. The van der Waals surface area contributed by atoms with Crippen LogP contribution in [-0.2, 0) is 18.1 Å². The van der Waals surface area contributed by atoms with Gasteiger partial charge in [0.25, 0.3) is 18.1 Å². The monoisotopic (exact) mass is 642 g/mol. The molecule has 0 bridgehead atoms. The number of nitrogens with one attached hydrogen (secondary N) is 1. The Kier molecular flexibility index (Phi) is 13.0. The number of pyridine rings is 2. The summed E-state index contributed by atoms with van der Waals surface area (Å²) in [5.41, 5.74) is 0. The van der Waals surface area contributed by atoms with E-state index < -0.39 is 18.1 Å². The molecule has 2 N–H and O–H groups in total. The van der Waals surface area contributed by atoms with Gasteiger partial charge in [-0.05, 0) is 48.5 Å². The first kappa shape index (κ1) is 32.8. The van der Waals surface area contributed by atoms with Gasteiger partial charge in [-0.25, -0.2) is 21.8 Å². The number of benzene rings is 2. The SMILES string of the molecule is O=S(=O)(Cl)c1ccc(Oc2cc[nH+]cc2)cc1.O=S(=O)(Cl)c1ccc(Sc2cc[n+](O)cc2)cc1.[Cl-].[Cl-]. The number of hydrogen-bond acceptors (Lipinski definition) is 7. The smallest absolute Gasteiger partial charge is 0.261 e. The zero-order chi connectivity index (χ0) is 25.5. The number of ether oxygens (including phenoxy) is 1. The Morgan fingerprint density at radius 3 is 1.54 bits per heavy atom. The van der Waals surface area contributed by atoms with Gasteiger partial charge in [0, 0.05) is 60.2 Å². The molecule has 0 atom stereocenters. The first-order valence-corrected chi connectivity index (χ1v) is 15.1. The number of nitrogens with zero attached hydrogens (tertiary/aromatic N) is 1. The van der Waals surface area contributed by atoms with Crippen molar-refractivity contribution in [1.29, 1.82) is 0 Å². The molecule has 0 saturated heterocycles. The molecule has 15 heteroatoms. The van der Waals surface area contributed by atoms with Crippen molar-refractivity contribution in [3.05, 3.63) is 97.6 Å². The largest absolute Gasteiger partial charge is 1.00 e. The van der Waals surface area contributed by atoms with E-state index in [4.69, 9.17) is 31.3 Å². The molecule has 8 nitrogen and oxygen atoms in total. The Morgan fingerprint density at radius 1 is 0.676 bits per heavy atom. The Morgan fingerprint density at radius 2 is 1.08 bits per heavy atom. The van der Waals surface area contributed by atoms with Crippen LogP contribution in [-0.4, -0.2) is 22.0 Å². The number of aromatic amines is 1. The Bertz CT molecular complexity index is 1470. The molecule has 0 aliphatic heterocycles. The second kappa shape index (κ2) is 14.6. The van der Waals surface area contributed by atoms with Gasteiger partial charge in [0.15, 0.2) is 12.4 Å². The van der Waals surface area contributed by atoms with Crippen LogP contribution in [0.5, 0.6) is 11.5 Å². The van der Waals surface area contributed by atoms with Gasteiger partial charge in [0.05, 0.1) is 9.79 Å². The molecule has 0 spiro atoms. The maximum Gasteiger partial charge on any atom is 0.261 e. The minimum atomic E-state index is -3.68. The first-order valence-electron chi connectivity index (χ1n) is 9.62. The van der Waals surface area contributed by atoms with Gasteiger partial charge in [-0.15, -0.1) is 0 Å². The van der Waals surface area contributed by atoms with E-state index in [1.165, 1.54) is 48.4 Å². The van der Waals surface area contributed by atoms with E-state index in [0.29, 0.717) is 11.5 Å². The van der Waals surface area contributed by atoms with Gasteiger partial charge in [-0.2, -0.15) is 0 Å². The lowest BCUT2D eigenvalue weighted by atomic mass is 10.3. The molecule has 2 heterocycles. The van der Waals surface area contributed by atoms with Crippen molar-refractivity contribution in [2.24, 2.45) is 0 Å². The zero-order valence-electron chi connectivity index (χ0n) is 18.4. The molecule has 0 amide bonds. The van der Waals surface area contributed by atoms with Gasteiger partial charge in [-0.3, -0.25) is 5.21 Å². The van der Waals surface area contributed by atoms with Crippen LogP contribution in [0.15, 0.2) is 117 Å². The maximum absolute atomic E-state index is 11.1. The Hall–Kier alpha value is -2.25. The van der Waals surface area contributed by atoms with Gasteiger partial charge in [0.2, 0.25) is 12.4 Å². The third-order valence-electron chi connectivity index (χ3n) is 4.15. The fourth-order valence-electron chi connectivity index (χ4n) is 2.53. The summed E-state index contributed by atoms with van der Waals surface area (Å²) < 4.78 is 50.6. The predicted octanol–water partition coefficient (Wildman–Crippen LogP) is -1.48. The Labute approximate surface area is 239 Å². The molecule has 0 radical (unpaired) electrons. The quantitative estimate of drug-likeness (QED) is 0.155. The van der Waals surface area contributed by atoms with Crippen molar-refractivity contribution >= 4 is 51.2 Å². The van der Waals surface area contributed by atoms with E-state index in [-0.39, 0.29) is 34.6 Å². The molecule has 4 aromatic rings. The summed E-state index contributed by atoms with van der Waals surface area (Å²) in [6.07, 6.45) is 6.49. The average molecular weight is 644 g/mol. The maximum atomic E-state index is 11.1. The number of H-pyrrole nitrogens is 1. The summed E-state index contributed by atoms with van der Waals surface area (Å²) in [6, 6.07) is 19.2. The average Bonchev–Trinajstić information content (AvgIpc) is 2.81. The molecule has 2 aromatic carbocycles. The number of halogens is 4. The fourth-order valence-corrected chi connectivity index (χ4v) is 4.87. The molecule has 37 heavy (non-hydrogen) atoms. The molecule has 198 valence electrons. The molecule has 0 aliphatic carbocycles. The van der Waals surface area contributed by atoms with E-state index in [2.05, 4.69) is 4.98 Å². The standard InChI is InChI=1S/C11H9ClNO3S2.C11H8ClNO3S.2ClH/c12-18(15,16)11-3-1-9(2-4-11)17-10-5-7-13(14)8-6-10;12-17(14,15)11-3-1-9(2-4-11)16-10-5-7-13-8-6-10;;/h1-8,14H;1-8H;2*1H/q+1;;;/p-1. The van der Waals surface area contributed by atoms with E-state index >= 15 is 0 Å². The van der Waals surface area contributed by atoms with Crippen LogP contribution in [0.3, 0.4) is 0 Å². The minimum absolute atomic E-state index is 0. The van der Waals surface area contributed by atoms with Crippen LogP contribution in [0.4, 0.5) is 0 Å². The normalized spacial score (nSPS) is 10.6. The van der Waals surface area contributed by atoms with Crippen LogP contribution in [0.1, 0.15) is 0 Å². The van der Waals surface area contributed by atoms with Crippen molar-refractivity contribution < 1.29 is 61.3 Å². The summed E-state index contributed by atoms with van der Waals surface area (Å²) in [5.74, 6) is 1.20. The van der Waals surface area contributed by atoms with E-state index in [9.17, 15) is 16.8 Å². The van der Waals surface area contributed by atoms with Crippen LogP contribution in [0, 0.1) is 0 Å². The third kappa shape index (κ3) is 10.9. The van der Waals surface area contributed by atoms with E-state index in [0.717, 1.165) is 14.5 Å². The van der Waals surface area contributed by atoms with Crippen LogP contribution >= 0.6 is 33.1 Å². The van der Waals surface area contributed by atoms with Crippen molar-refractivity contribution in [2.45, 2.75) is 19.6 Å². The molecule has 0 aliphatic rings. The molecular weight excluding hydrogens is 626 g/mol. The lowest BCUT2D eigenvalue weighted by Crippen LogP contribution is -3.00. The van der Waals surface area contributed by atoms with Crippen molar-refractivity contribution in [3.8, 4) is 11.5 Å². The lowest BCUT2D eigenvalue weighted by Gasteiger charge is -2.04. The Balaban J connectivity index is 0.000000351. The topological polar surface area (TPSA) is 116 Å². The van der Waals surface area contributed by atoms with Crippen LogP contribution < -0.4 is 39.3 Å². The number of rotatable bonds is 6. The summed E-state index contributed by atoms with van der Waals surface area (Å²) in [7, 11) is 3.07. The summed E-state index contributed by atoms with van der Waals surface area (Å²) in [6.45, 7) is 0. The zero-order valence-corrected chi connectivity index (χ0v) is 23.9. The van der Waals surface area contributed by atoms with Crippen molar-refractivity contribution in [1.82, 2.24) is 0 Å². The molecule has 0 fully saturated rings. The molecule has 4 rings (SSSR count). The predicted molar refractivity (Wildman–Crippen MR) is 130 cm³/mol. The van der Waals surface area contributed by atoms with Crippen LogP contribution in [0.25, 0.3) is 0 Å². The van der Waals surface area contributed by atoms with Crippen molar-refractivity contribution in [3.63, 3.8) is 0 Å². The van der Waals surface area contributed by atoms with Gasteiger partial charge >= 0.3 is 0 Å². The van der Waals surface area contributed by atoms with Crippen molar-refractivity contribution in [2.75, 3.05) is 0 Å². The first-order chi connectivity index (χ1) is 16.5. The highest BCUT2D eigenvalue weighted by Gasteiger charge is 2.10.